The van der Waals surface area contributed by atoms with Crippen molar-refractivity contribution in [2.24, 2.45) is 0 Å². The van der Waals surface area contributed by atoms with E-state index >= 15 is 0 Å². The predicted molar refractivity (Wildman–Crippen MR) is 104 cm³/mol. The van der Waals surface area contributed by atoms with Gasteiger partial charge in [-0.15, -0.1) is 0 Å². The number of hydrogen-bond acceptors (Lipinski definition) is 2. The molecule has 4 heteroatoms. The average Bonchev–Trinajstić information content (AvgIpc) is 2.67. The van der Waals surface area contributed by atoms with E-state index in [-0.39, 0.29) is 10.8 Å². The van der Waals surface area contributed by atoms with Gasteiger partial charge in [-0.25, -0.2) is 0 Å². The third-order valence-corrected chi connectivity index (χ3v) is 8.01. The van der Waals surface area contributed by atoms with E-state index in [0.717, 1.165) is 0 Å². The zero-order valence-corrected chi connectivity index (χ0v) is 15.6. The molecule has 6 atom stereocenters. The van der Waals surface area contributed by atoms with Gasteiger partial charge in [0.2, 0.25) is 0 Å². The summed E-state index contributed by atoms with van der Waals surface area (Å²) in [5.41, 5.74) is 6.11. The van der Waals surface area contributed by atoms with E-state index in [1.165, 1.54) is 48.4 Å². The monoisotopic (exact) mass is 348 g/mol. The number of nitrogens with one attached hydrogen (secondary N) is 4. The molecule has 4 N–H and O–H groups in total. The summed E-state index contributed by atoms with van der Waals surface area (Å²) in [6.07, 6.45) is 3.37. The van der Waals surface area contributed by atoms with Crippen LogP contribution in [0.3, 0.4) is 0 Å². The molecule has 134 valence electrons. The Morgan fingerprint density at radius 3 is 1.62 bits per heavy atom. The lowest BCUT2D eigenvalue weighted by Gasteiger charge is -2.68. The number of likely N-dealkylation sites (tertiary alicyclic amines) is 2. The van der Waals surface area contributed by atoms with Crippen LogP contribution in [-0.4, -0.2) is 39.5 Å². The smallest absolute Gasteiger partial charge is 0.171 e. The highest BCUT2D eigenvalue weighted by atomic mass is 15.4. The number of benzene rings is 2. The van der Waals surface area contributed by atoms with Gasteiger partial charge in [0.1, 0.15) is 0 Å². The number of fused-ring (bicyclic) bond motifs is 2. The van der Waals surface area contributed by atoms with Crippen LogP contribution >= 0.6 is 0 Å². The Morgan fingerprint density at radius 2 is 1.15 bits per heavy atom. The second-order valence-corrected chi connectivity index (χ2v) is 8.88. The van der Waals surface area contributed by atoms with Gasteiger partial charge < -0.3 is 20.4 Å². The van der Waals surface area contributed by atoms with E-state index in [4.69, 9.17) is 0 Å². The zero-order valence-electron chi connectivity index (χ0n) is 15.6. The summed E-state index contributed by atoms with van der Waals surface area (Å²) in [6, 6.07) is 18.2. The van der Waals surface area contributed by atoms with Crippen LogP contribution in [0.4, 0.5) is 11.4 Å². The van der Waals surface area contributed by atoms with Crippen LogP contribution in [0.5, 0.6) is 0 Å². The maximum atomic E-state index is 4.00. The number of anilines is 2. The molecule has 4 bridgehead atoms. The van der Waals surface area contributed by atoms with Crippen molar-refractivity contribution < 1.29 is 9.80 Å². The number of likely N-dealkylation sites (N-methyl/N-ethyl adjacent to an activating group) is 2. The Kier molecular flexibility index (Phi) is 2.79. The first-order valence-electron chi connectivity index (χ1n) is 10.1. The number of rotatable bonds is 0. The third-order valence-electron chi connectivity index (χ3n) is 8.01. The lowest BCUT2D eigenvalue weighted by molar-refractivity contribution is -0.944. The Balaban J connectivity index is 1.75. The molecular formula is C22H28N4+2. The average molecular weight is 348 g/mol. The molecule has 2 aromatic carbocycles. The van der Waals surface area contributed by atoms with Crippen LogP contribution in [0.15, 0.2) is 48.5 Å². The second kappa shape index (κ2) is 4.81. The summed E-state index contributed by atoms with van der Waals surface area (Å²) in [4.78, 5) is 3.26. The molecule has 0 saturated carbocycles. The molecule has 4 heterocycles. The topological polar surface area (TPSA) is 32.9 Å². The molecular weight excluding hydrogens is 320 g/mol. The highest BCUT2D eigenvalue weighted by Crippen LogP contribution is 2.61. The minimum atomic E-state index is 0.162. The van der Waals surface area contributed by atoms with Gasteiger partial charge in [-0.2, -0.15) is 0 Å². The summed E-state index contributed by atoms with van der Waals surface area (Å²) in [7, 11) is 4.77. The minimum Gasteiger partial charge on any atom is -0.335 e. The fourth-order valence-corrected chi connectivity index (χ4v) is 7.03. The highest BCUT2D eigenvalue weighted by molar-refractivity contribution is 5.70. The molecule has 4 aliphatic rings. The maximum absolute atomic E-state index is 4.00. The number of quaternary nitrogens is 2. The van der Waals surface area contributed by atoms with E-state index < -0.39 is 0 Å². The second-order valence-electron chi connectivity index (χ2n) is 8.88. The maximum Gasteiger partial charge on any atom is 0.171 e. The van der Waals surface area contributed by atoms with Crippen molar-refractivity contribution in [3.8, 4) is 0 Å². The van der Waals surface area contributed by atoms with Gasteiger partial charge in [0.25, 0.3) is 0 Å². The van der Waals surface area contributed by atoms with Crippen molar-refractivity contribution in [2.75, 3.05) is 37.8 Å². The van der Waals surface area contributed by atoms with Crippen molar-refractivity contribution in [1.82, 2.24) is 0 Å². The molecule has 2 aromatic rings. The molecule has 26 heavy (non-hydrogen) atoms. The van der Waals surface area contributed by atoms with Crippen LogP contribution in [0.2, 0.25) is 0 Å². The van der Waals surface area contributed by atoms with Crippen molar-refractivity contribution in [3.05, 3.63) is 59.7 Å². The Labute approximate surface area is 155 Å². The molecule has 0 aliphatic carbocycles. The van der Waals surface area contributed by atoms with Crippen molar-refractivity contribution >= 4 is 11.4 Å². The van der Waals surface area contributed by atoms with Gasteiger partial charge >= 0.3 is 0 Å². The summed E-state index contributed by atoms with van der Waals surface area (Å²) in [5, 5.41) is 8.00. The third kappa shape index (κ3) is 1.47. The Hall–Kier alpha value is -2.04. The summed E-state index contributed by atoms with van der Waals surface area (Å²) < 4.78 is 0. The summed E-state index contributed by atoms with van der Waals surface area (Å²) in [6.45, 7) is 2.45. The van der Waals surface area contributed by atoms with E-state index in [1.807, 2.05) is 0 Å². The summed E-state index contributed by atoms with van der Waals surface area (Å²) in [5.74, 6) is 0. The number of para-hydroxylation sites is 2. The molecule has 6 rings (SSSR count). The Bertz CT molecular complexity index is 822. The largest absolute Gasteiger partial charge is 0.335 e. The number of hydrogen-bond donors (Lipinski definition) is 4. The molecule has 2 fully saturated rings. The van der Waals surface area contributed by atoms with Crippen LogP contribution in [0, 0.1) is 0 Å². The molecule has 0 aromatic heterocycles. The quantitative estimate of drug-likeness (QED) is 0.549. The molecule has 2 unspecified atom stereocenters. The molecule has 4 aliphatic heterocycles. The van der Waals surface area contributed by atoms with Crippen molar-refractivity contribution in [3.63, 3.8) is 0 Å². The van der Waals surface area contributed by atoms with E-state index in [2.05, 4.69) is 73.3 Å². The molecule has 2 saturated heterocycles. The first-order valence-corrected chi connectivity index (χ1v) is 10.1. The van der Waals surface area contributed by atoms with E-state index in [0.29, 0.717) is 12.3 Å². The highest BCUT2D eigenvalue weighted by Gasteiger charge is 2.75. The van der Waals surface area contributed by atoms with Crippen LogP contribution < -0.4 is 20.4 Å². The lowest BCUT2D eigenvalue weighted by atomic mass is 9.45. The van der Waals surface area contributed by atoms with Crippen LogP contribution in [0.1, 0.15) is 24.0 Å². The Morgan fingerprint density at radius 1 is 0.731 bits per heavy atom. The fraction of sp³-hybridized carbons (Fsp3) is 0.455. The SMILES string of the molecule is C[NH+]1CC[C@]23c4ccccc4N[C@H]1[C@]21CC[NH+](C)[C@@H]3Nc2ccccc21. The van der Waals surface area contributed by atoms with Crippen molar-refractivity contribution in [1.29, 1.82) is 0 Å². The zero-order chi connectivity index (χ0) is 17.5. The molecule has 0 spiro atoms. The molecule has 0 radical (unpaired) electrons. The summed E-state index contributed by atoms with van der Waals surface area (Å²) >= 11 is 0. The molecule has 0 amide bonds. The van der Waals surface area contributed by atoms with Crippen LogP contribution in [0.25, 0.3) is 0 Å². The van der Waals surface area contributed by atoms with E-state index in [9.17, 15) is 0 Å². The molecule has 4 nitrogen and oxygen atoms in total. The van der Waals surface area contributed by atoms with Gasteiger partial charge in [-0.1, -0.05) is 36.4 Å². The fourth-order valence-electron chi connectivity index (χ4n) is 7.03. The van der Waals surface area contributed by atoms with Crippen molar-refractivity contribution in [2.45, 2.75) is 36.0 Å². The minimum absolute atomic E-state index is 0.162. The first kappa shape index (κ1) is 15.1. The first-order chi connectivity index (χ1) is 12.7. The van der Waals surface area contributed by atoms with Gasteiger partial charge in [-0.3, -0.25) is 0 Å². The normalized spacial score (nSPS) is 41.8. The lowest BCUT2D eigenvalue weighted by Crippen LogP contribution is -3.25. The van der Waals surface area contributed by atoms with Crippen LogP contribution in [-0.2, 0) is 10.8 Å². The van der Waals surface area contributed by atoms with Gasteiger partial charge in [-0.05, 0) is 23.3 Å². The van der Waals surface area contributed by atoms with Gasteiger partial charge in [0.15, 0.2) is 12.3 Å². The van der Waals surface area contributed by atoms with Gasteiger partial charge in [0, 0.05) is 24.2 Å². The predicted octanol–water partition coefficient (Wildman–Crippen LogP) is 0.202. The van der Waals surface area contributed by atoms with E-state index in [1.54, 1.807) is 9.80 Å². The standard InChI is InChI=1S/C22H26N4/c1-25-13-11-22-16-8-4-5-9-17(16)23-19(25)21(22)12-14-26(2)20(22)24-18-10-6-3-7-15(18)21/h3-10,19-20,23-24H,11-14H2,1-2H3/p+2/t19-,20+,21-,22-/m1/s1. The van der Waals surface area contributed by atoms with Gasteiger partial charge in [0.05, 0.1) is 38.0 Å². The number of piperidine rings is 2.